The highest BCUT2D eigenvalue weighted by Gasteiger charge is 2.36. The van der Waals surface area contributed by atoms with Gasteiger partial charge in [-0.25, -0.2) is 14.4 Å². The summed E-state index contributed by atoms with van der Waals surface area (Å²) in [5.74, 6) is -6.55. The number of aromatic nitrogens is 3. The second-order valence-corrected chi connectivity index (χ2v) is 7.10. The molecule has 2 aromatic heterocycles. The summed E-state index contributed by atoms with van der Waals surface area (Å²) >= 11 is 0. The van der Waals surface area contributed by atoms with Crippen molar-refractivity contribution < 1.29 is 44.6 Å². The van der Waals surface area contributed by atoms with Crippen molar-refractivity contribution in [1.29, 1.82) is 0 Å². The largest absolute Gasteiger partial charge is 0.493 e. The van der Waals surface area contributed by atoms with Crippen LogP contribution in [-0.2, 0) is 4.79 Å². The maximum atomic E-state index is 14.9. The number of methoxy groups -OCH3 is 3. The van der Waals surface area contributed by atoms with Crippen molar-refractivity contribution in [1.82, 2.24) is 15.0 Å². The summed E-state index contributed by atoms with van der Waals surface area (Å²) in [5, 5.41) is 7.33. The maximum Gasteiger partial charge on any atom is 0.269 e. The minimum Gasteiger partial charge on any atom is -0.493 e. The number of halogens is 1. The van der Waals surface area contributed by atoms with E-state index in [4.69, 9.17) is 35.4 Å². The Morgan fingerprint density at radius 1 is 1.12 bits per heavy atom. The molecule has 1 aromatic carbocycles. The van der Waals surface area contributed by atoms with E-state index in [9.17, 15) is 9.18 Å². The van der Waals surface area contributed by atoms with Crippen LogP contribution in [0.3, 0.4) is 0 Å². The number of benzene rings is 1. The predicted molar refractivity (Wildman–Crippen MR) is 122 cm³/mol. The second kappa shape index (κ2) is 8.89. The Kier molecular flexibility index (Phi) is 3.19. The first-order valence-electron chi connectivity index (χ1n) is 15.3. The van der Waals surface area contributed by atoms with Crippen LogP contribution in [0, 0.1) is 5.82 Å². The smallest absolute Gasteiger partial charge is 0.269 e. The molecule has 0 saturated carbocycles. The van der Waals surface area contributed by atoms with E-state index in [1.54, 1.807) is 0 Å². The van der Waals surface area contributed by atoms with Gasteiger partial charge in [0.05, 0.1) is 43.7 Å². The molecule has 1 aliphatic heterocycles. The lowest BCUT2D eigenvalue weighted by atomic mass is 10.1. The Morgan fingerprint density at radius 3 is 2.56 bits per heavy atom. The molecule has 3 heterocycles. The van der Waals surface area contributed by atoms with E-state index in [1.807, 2.05) is 0 Å². The van der Waals surface area contributed by atoms with Gasteiger partial charge in [0, 0.05) is 17.8 Å². The van der Waals surface area contributed by atoms with Gasteiger partial charge in [-0.3, -0.25) is 4.79 Å². The van der Waals surface area contributed by atoms with Crippen LogP contribution in [-0.4, -0.2) is 47.6 Å². The number of fused-ring (bicyclic) bond motifs is 1. The van der Waals surface area contributed by atoms with Gasteiger partial charge in [0.2, 0.25) is 11.7 Å². The molecular formula is C22H23FN6O5. The van der Waals surface area contributed by atoms with Gasteiger partial charge in [-0.05, 0) is 26.0 Å². The summed E-state index contributed by atoms with van der Waals surface area (Å²) in [4.78, 5) is 23.8. The average Bonchev–Trinajstić information content (AvgIpc) is 2.88. The van der Waals surface area contributed by atoms with E-state index in [1.165, 1.54) is 26.0 Å². The van der Waals surface area contributed by atoms with Crippen molar-refractivity contribution >= 4 is 35.0 Å². The van der Waals surface area contributed by atoms with E-state index in [0.29, 0.717) is 0 Å². The molecule has 0 radical (unpaired) electrons. The van der Waals surface area contributed by atoms with Crippen molar-refractivity contribution in [2.75, 3.05) is 37.1 Å². The number of nitrogens with one attached hydrogen (secondary N) is 3. The Bertz CT molecular complexity index is 1660. The molecule has 11 nitrogen and oxygen atoms in total. The van der Waals surface area contributed by atoms with E-state index in [-0.39, 0.29) is 17.4 Å². The summed E-state index contributed by atoms with van der Waals surface area (Å²) in [6.07, 6.45) is -1.02. The topological polar surface area (TPSA) is 129 Å². The zero-order chi connectivity index (χ0) is 34.6. The van der Waals surface area contributed by atoms with Gasteiger partial charge in [-0.15, -0.1) is 0 Å². The molecule has 0 spiro atoms. The molecule has 0 fully saturated rings. The van der Waals surface area contributed by atoms with Crippen molar-refractivity contribution in [3.8, 4) is 23.0 Å². The second-order valence-electron chi connectivity index (χ2n) is 7.10. The van der Waals surface area contributed by atoms with Crippen molar-refractivity contribution in [2.24, 2.45) is 0 Å². The predicted octanol–water partition coefficient (Wildman–Crippen LogP) is 3.63. The van der Waals surface area contributed by atoms with Gasteiger partial charge in [0.25, 0.3) is 5.91 Å². The third kappa shape index (κ3) is 4.42. The monoisotopic (exact) mass is 482 g/mol. The SMILES string of the molecule is [2H]c1nc(Nc2c([2H])c(OC([2H])([2H])[2H])c(OC([2H])([2H])[2H])c(OC([2H])([2H])[2H])c2[2H])nc(Nc2ccc3c(n2)NC(=O)C(C)(C)O3)c1F. The number of amides is 1. The van der Waals surface area contributed by atoms with E-state index < -0.39 is 91.4 Å². The average molecular weight is 483 g/mol. The van der Waals surface area contributed by atoms with E-state index >= 15 is 0 Å². The number of carbonyl (C=O) groups is 1. The third-order valence-electron chi connectivity index (χ3n) is 4.37. The summed E-state index contributed by atoms with van der Waals surface area (Å²) in [6, 6.07) is 0.658. The Balaban J connectivity index is 1.80. The van der Waals surface area contributed by atoms with Gasteiger partial charge < -0.3 is 34.9 Å². The zero-order valence-electron chi connectivity index (χ0n) is 29.4. The van der Waals surface area contributed by atoms with Gasteiger partial charge in [0.1, 0.15) is 5.82 Å². The van der Waals surface area contributed by atoms with Crippen LogP contribution in [0.5, 0.6) is 23.0 Å². The number of nitrogens with zero attached hydrogens (tertiary/aromatic N) is 3. The highest BCUT2D eigenvalue weighted by Crippen LogP contribution is 2.40. The molecule has 0 unspecified atom stereocenters. The minimum atomic E-state index is -3.36. The van der Waals surface area contributed by atoms with Gasteiger partial charge in [-0.2, -0.15) is 4.98 Å². The number of hydrogen-bond acceptors (Lipinski definition) is 10. The third-order valence-corrected chi connectivity index (χ3v) is 4.37. The highest BCUT2D eigenvalue weighted by molar-refractivity contribution is 5.99. The quantitative estimate of drug-likeness (QED) is 0.459. The number of rotatable bonds is 7. The molecule has 1 aliphatic rings. The number of anilines is 5. The molecule has 0 bridgehead atoms. The Morgan fingerprint density at radius 2 is 1.85 bits per heavy atom. The molecule has 3 N–H and O–H groups in total. The molecule has 0 atom stereocenters. The fourth-order valence-corrected chi connectivity index (χ4v) is 2.75. The van der Waals surface area contributed by atoms with Crippen LogP contribution >= 0.6 is 0 Å². The van der Waals surface area contributed by atoms with E-state index in [2.05, 4.69) is 30.9 Å². The number of carbonyl (C=O) groups excluding carboxylic acids is 1. The summed E-state index contributed by atoms with van der Waals surface area (Å²) in [5.41, 5.74) is -1.99. The Hall–Kier alpha value is -4.35. The first-order chi connectivity index (χ1) is 20.9. The molecule has 4 rings (SSSR count). The lowest BCUT2D eigenvalue weighted by Gasteiger charge is -2.30. The van der Waals surface area contributed by atoms with E-state index in [0.717, 1.165) is 0 Å². The Labute approximate surface area is 211 Å². The van der Waals surface area contributed by atoms with Gasteiger partial charge in [-0.1, -0.05) is 0 Å². The van der Waals surface area contributed by atoms with Crippen molar-refractivity contribution in [3.05, 3.63) is 36.2 Å². The number of pyridine rings is 1. The van der Waals surface area contributed by atoms with Crippen molar-refractivity contribution in [3.63, 3.8) is 0 Å². The van der Waals surface area contributed by atoms with Gasteiger partial charge >= 0.3 is 0 Å². The zero-order valence-corrected chi connectivity index (χ0v) is 17.4. The van der Waals surface area contributed by atoms with Gasteiger partial charge in [0.15, 0.2) is 40.3 Å². The number of ether oxygens (including phenoxy) is 4. The van der Waals surface area contributed by atoms with Crippen LogP contribution in [0.25, 0.3) is 0 Å². The molecule has 1 amide bonds. The molecule has 0 saturated heterocycles. The van der Waals surface area contributed by atoms with Crippen molar-refractivity contribution in [2.45, 2.75) is 19.4 Å². The molecular weight excluding hydrogens is 447 g/mol. The van der Waals surface area contributed by atoms with Crippen LogP contribution < -0.4 is 34.9 Å². The van der Waals surface area contributed by atoms with Crippen LogP contribution in [0.2, 0.25) is 0 Å². The summed E-state index contributed by atoms with van der Waals surface area (Å²) < 4.78 is 127. The molecule has 0 aliphatic carbocycles. The fraction of sp³-hybridized carbons (Fsp3) is 0.273. The highest BCUT2D eigenvalue weighted by atomic mass is 19.1. The van der Waals surface area contributed by atoms with Crippen LogP contribution in [0.1, 0.15) is 30.3 Å². The molecule has 34 heavy (non-hydrogen) atoms. The molecule has 12 heteroatoms. The lowest BCUT2D eigenvalue weighted by molar-refractivity contribution is -0.129. The first-order valence-corrected chi connectivity index (χ1v) is 9.28. The normalized spacial score (nSPS) is 20.0. The number of hydrogen-bond donors (Lipinski definition) is 3. The molecule has 178 valence electrons. The fourth-order valence-electron chi connectivity index (χ4n) is 2.75. The summed E-state index contributed by atoms with van der Waals surface area (Å²) in [6.45, 7) is 3.07. The van der Waals surface area contributed by atoms with Crippen LogP contribution in [0.15, 0.2) is 30.4 Å². The lowest BCUT2D eigenvalue weighted by Crippen LogP contribution is -2.46. The summed E-state index contributed by atoms with van der Waals surface area (Å²) in [7, 11) is -10.1. The minimum absolute atomic E-state index is 0.00568. The maximum absolute atomic E-state index is 14.9. The first kappa shape index (κ1) is 12.2. The van der Waals surface area contributed by atoms with Crippen LogP contribution in [0.4, 0.5) is 33.5 Å². The molecule has 3 aromatic rings. The standard InChI is InChI=1S/C22H23FN6O5/c1-22(2)20(30)28-19-13(34-22)6-7-16(27-19)26-18-12(23)10-24-21(29-18)25-11-8-14(31-3)17(33-5)15(9-11)32-4/h6-10H,1-5H3,(H3,24,25,26,27,28,29,30)/i3D3,4D3,5D3,8D,9D,10D.